The van der Waals surface area contributed by atoms with Crippen LogP contribution in [0.3, 0.4) is 0 Å². The van der Waals surface area contributed by atoms with Gasteiger partial charge in [0, 0.05) is 18.0 Å². The molecule has 3 rings (SSSR count). The number of nitrogen functional groups attached to an aromatic ring is 1. The topological polar surface area (TPSA) is 57.4 Å². The van der Waals surface area contributed by atoms with Crippen molar-refractivity contribution in [3.05, 3.63) is 30.5 Å². The minimum absolute atomic E-state index is 0.117. The first-order valence-electron chi connectivity index (χ1n) is 5.72. The van der Waals surface area contributed by atoms with Crippen LogP contribution < -0.4 is 10.5 Å². The first-order valence-corrected chi connectivity index (χ1v) is 5.72. The van der Waals surface area contributed by atoms with Crippen molar-refractivity contribution >= 4 is 16.6 Å². The lowest BCUT2D eigenvalue weighted by Gasteiger charge is -2.14. The molecule has 0 radical (unpaired) electrons. The molecule has 1 atom stereocenters. The summed E-state index contributed by atoms with van der Waals surface area (Å²) in [5.74, 6) is 0.723. The average molecular weight is 230 g/mol. The number of benzene rings is 1. The van der Waals surface area contributed by atoms with Crippen molar-refractivity contribution in [3.8, 4) is 5.75 Å². The lowest BCUT2D eigenvalue weighted by atomic mass is 10.1. The van der Waals surface area contributed by atoms with Gasteiger partial charge in [-0.3, -0.25) is 4.98 Å². The van der Waals surface area contributed by atoms with Gasteiger partial charge in [-0.15, -0.1) is 0 Å². The number of aromatic nitrogens is 1. The SMILES string of the molecule is Nc1c(OC2CCOC2)ccc2ncccc12. The van der Waals surface area contributed by atoms with E-state index in [4.69, 9.17) is 15.2 Å². The Morgan fingerprint density at radius 3 is 3.12 bits per heavy atom. The van der Waals surface area contributed by atoms with Crippen LogP contribution in [-0.2, 0) is 4.74 Å². The van der Waals surface area contributed by atoms with E-state index in [1.807, 2.05) is 24.3 Å². The van der Waals surface area contributed by atoms with E-state index in [1.165, 1.54) is 0 Å². The Kier molecular flexibility index (Phi) is 2.57. The normalized spacial score (nSPS) is 19.6. The summed E-state index contributed by atoms with van der Waals surface area (Å²) in [6.07, 6.45) is 2.80. The second kappa shape index (κ2) is 4.22. The van der Waals surface area contributed by atoms with Crippen LogP contribution in [0.2, 0.25) is 0 Å². The minimum Gasteiger partial charge on any atom is -0.486 e. The van der Waals surface area contributed by atoms with Gasteiger partial charge in [-0.25, -0.2) is 0 Å². The highest BCUT2D eigenvalue weighted by Crippen LogP contribution is 2.30. The van der Waals surface area contributed by atoms with Gasteiger partial charge in [0.2, 0.25) is 0 Å². The molecule has 1 aromatic heterocycles. The zero-order chi connectivity index (χ0) is 11.7. The van der Waals surface area contributed by atoms with Gasteiger partial charge in [0.15, 0.2) is 0 Å². The van der Waals surface area contributed by atoms with Crippen molar-refractivity contribution in [2.24, 2.45) is 0 Å². The predicted octanol–water partition coefficient (Wildman–Crippen LogP) is 1.98. The average Bonchev–Trinajstić information content (AvgIpc) is 2.86. The second-order valence-corrected chi connectivity index (χ2v) is 4.15. The summed E-state index contributed by atoms with van der Waals surface area (Å²) < 4.78 is 11.1. The van der Waals surface area contributed by atoms with Crippen LogP contribution in [0.5, 0.6) is 5.75 Å². The fourth-order valence-corrected chi connectivity index (χ4v) is 2.04. The molecule has 4 nitrogen and oxygen atoms in total. The lowest BCUT2D eigenvalue weighted by Crippen LogP contribution is -2.16. The first kappa shape index (κ1) is 10.4. The number of ether oxygens (including phenoxy) is 2. The molecule has 0 aliphatic carbocycles. The fourth-order valence-electron chi connectivity index (χ4n) is 2.04. The van der Waals surface area contributed by atoms with Crippen LogP contribution in [0.4, 0.5) is 5.69 Å². The van der Waals surface area contributed by atoms with E-state index in [-0.39, 0.29) is 6.10 Å². The summed E-state index contributed by atoms with van der Waals surface area (Å²) in [7, 11) is 0. The van der Waals surface area contributed by atoms with Gasteiger partial charge in [-0.05, 0) is 24.3 Å². The molecule has 0 spiro atoms. The van der Waals surface area contributed by atoms with Crippen LogP contribution in [0.15, 0.2) is 30.5 Å². The molecule has 1 unspecified atom stereocenters. The molecule has 4 heteroatoms. The smallest absolute Gasteiger partial charge is 0.143 e. The highest BCUT2D eigenvalue weighted by Gasteiger charge is 2.18. The number of pyridine rings is 1. The summed E-state index contributed by atoms with van der Waals surface area (Å²) >= 11 is 0. The van der Waals surface area contributed by atoms with Gasteiger partial charge < -0.3 is 15.2 Å². The summed E-state index contributed by atoms with van der Waals surface area (Å²) in [5, 5.41) is 0.934. The van der Waals surface area contributed by atoms with Gasteiger partial charge in [0.25, 0.3) is 0 Å². The number of rotatable bonds is 2. The van der Waals surface area contributed by atoms with Gasteiger partial charge in [-0.2, -0.15) is 0 Å². The van der Waals surface area contributed by atoms with Crippen LogP contribution in [0.1, 0.15) is 6.42 Å². The summed E-state index contributed by atoms with van der Waals surface area (Å²) in [4.78, 5) is 4.25. The van der Waals surface area contributed by atoms with Crippen molar-refractivity contribution in [2.45, 2.75) is 12.5 Å². The monoisotopic (exact) mass is 230 g/mol. The molecule has 1 saturated heterocycles. The van der Waals surface area contributed by atoms with Gasteiger partial charge in [-0.1, -0.05) is 0 Å². The molecular weight excluding hydrogens is 216 g/mol. The minimum atomic E-state index is 0.117. The summed E-state index contributed by atoms with van der Waals surface area (Å²) in [6, 6.07) is 7.64. The Labute approximate surface area is 99.4 Å². The zero-order valence-electron chi connectivity index (χ0n) is 9.43. The fraction of sp³-hybridized carbons (Fsp3) is 0.308. The van der Waals surface area contributed by atoms with Gasteiger partial charge in [0.05, 0.1) is 24.4 Å². The highest BCUT2D eigenvalue weighted by molar-refractivity contribution is 5.93. The van der Waals surface area contributed by atoms with E-state index < -0.39 is 0 Å². The molecule has 0 saturated carbocycles. The first-order chi connectivity index (χ1) is 8.34. The maximum atomic E-state index is 6.09. The van der Waals surface area contributed by atoms with E-state index in [0.717, 1.165) is 29.7 Å². The third-order valence-corrected chi connectivity index (χ3v) is 2.97. The van der Waals surface area contributed by atoms with E-state index >= 15 is 0 Å². The molecule has 0 bridgehead atoms. The third kappa shape index (κ3) is 1.91. The van der Waals surface area contributed by atoms with E-state index in [1.54, 1.807) is 6.20 Å². The van der Waals surface area contributed by atoms with E-state index in [9.17, 15) is 0 Å². The Morgan fingerprint density at radius 1 is 1.35 bits per heavy atom. The van der Waals surface area contributed by atoms with Crippen molar-refractivity contribution in [1.82, 2.24) is 4.98 Å². The molecule has 2 heterocycles. The molecule has 17 heavy (non-hydrogen) atoms. The van der Waals surface area contributed by atoms with E-state index in [0.29, 0.717) is 12.3 Å². The second-order valence-electron chi connectivity index (χ2n) is 4.15. The Hall–Kier alpha value is -1.81. The standard InChI is InChI=1S/C13H14N2O2/c14-13-10-2-1-6-15-11(10)3-4-12(13)17-9-5-7-16-8-9/h1-4,6,9H,5,7-8,14H2. The molecule has 1 aromatic carbocycles. The predicted molar refractivity (Wildman–Crippen MR) is 66.0 cm³/mol. The Balaban J connectivity index is 1.96. The molecule has 0 amide bonds. The van der Waals surface area contributed by atoms with Crippen molar-refractivity contribution < 1.29 is 9.47 Å². The lowest BCUT2D eigenvalue weighted by molar-refractivity contribution is 0.142. The maximum Gasteiger partial charge on any atom is 0.143 e. The van der Waals surface area contributed by atoms with Crippen LogP contribution >= 0.6 is 0 Å². The number of nitrogens with zero attached hydrogens (tertiary/aromatic N) is 1. The van der Waals surface area contributed by atoms with Gasteiger partial charge >= 0.3 is 0 Å². The number of nitrogens with two attached hydrogens (primary N) is 1. The highest BCUT2D eigenvalue weighted by atomic mass is 16.5. The van der Waals surface area contributed by atoms with Gasteiger partial charge in [0.1, 0.15) is 11.9 Å². The number of anilines is 1. The largest absolute Gasteiger partial charge is 0.486 e. The van der Waals surface area contributed by atoms with Crippen molar-refractivity contribution in [2.75, 3.05) is 18.9 Å². The number of hydrogen-bond acceptors (Lipinski definition) is 4. The maximum absolute atomic E-state index is 6.09. The van der Waals surface area contributed by atoms with Crippen LogP contribution in [0.25, 0.3) is 10.9 Å². The summed E-state index contributed by atoms with van der Waals surface area (Å²) in [5.41, 5.74) is 7.64. The number of hydrogen-bond donors (Lipinski definition) is 1. The Bertz CT molecular complexity index is 536. The molecular formula is C13H14N2O2. The van der Waals surface area contributed by atoms with Crippen LogP contribution in [0, 0.1) is 0 Å². The molecule has 1 aliphatic heterocycles. The summed E-state index contributed by atoms with van der Waals surface area (Å²) in [6.45, 7) is 1.41. The molecule has 2 aromatic rings. The zero-order valence-corrected chi connectivity index (χ0v) is 9.43. The number of fused-ring (bicyclic) bond motifs is 1. The molecule has 88 valence electrons. The van der Waals surface area contributed by atoms with Crippen LogP contribution in [-0.4, -0.2) is 24.3 Å². The third-order valence-electron chi connectivity index (χ3n) is 2.97. The quantitative estimate of drug-likeness (QED) is 0.801. The molecule has 1 fully saturated rings. The van der Waals surface area contributed by atoms with E-state index in [2.05, 4.69) is 4.98 Å². The molecule has 1 aliphatic rings. The Morgan fingerprint density at radius 2 is 2.29 bits per heavy atom. The van der Waals surface area contributed by atoms with Crippen molar-refractivity contribution in [1.29, 1.82) is 0 Å². The van der Waals surface area contributed by atoms with Crippen molar-refractivity contribution in [3.63, 3.8) is 0 Å². The molecule has 2 N–H and O–H groups in total.